The molecule has 0 aliphatic rings. The minimum Gasteiger partial charge on any atom is -0.508 e. The first-order valence-corrected chi connectivity index (χ1v) is 7.30. The maximum absolute atomic E-state index is 11.4. The summed E-state index contributed by atoms with van der Waals surface area (Å²) in [7, 11) is 0. The van der Waals surface area contributed by atoms with Crippen LogP contribution in [0.4, 0.5) is 0 Å². The van der Waals surface area contributed by atoms with E-state index < -0.39 is 5.60 Å². The van der Waals surface area contributed by atoms with E-state index in [4.69, 9.17) is 0 Å². The summed E-state index contributed by atoms with van der Waals surface area (Å²) in [6.07, 6.45) is 0.475. The molecule has 1 unspecified atom stereocenters. The van der Waals surface area contributed by atoms with Gasteiger partial charge in [-0.25, -0.2) is 0 Å². The minimum atomic E-state index is -1.13. The van der Waals surface area contributed by atoms with Crippen molar-refractivity contribution >= 4 is 0 Å². The number of aliphatic hydroxyl groups is 1. The summed E-state index contributed by atoms with van der Waals surface area (Å²) in [6, 6.07) is 26.3. The normalized spacial score (nSPS) is 13.5. The van der Waals surface area contributed by atoms with Crippen molar-refractivity contribution < 1.29 is 10.2 Å². The molecule has 0 saturated heterocycles. The Labute approximate surface area is 130 Å². The van der Waals surface area contributed by atoms with Crippen LogP contribution in [0.2, 0.25) is 0 Å². The molecule has 3 aromatic carbocycles. The molecule has 0 aliphatic heterocycles. The first-order chi connectivity index (χ1) is 10.7. The van der Waals surface area contributed by atoms with E-state index in [9.17, 15) is 10.2 Å². The first kappa shape index (κ1) is 14.4. The predicted octanol–water partition coefficient (Wildman–Crippen LogP) is 3.87. The number of benzene rings is 3. The van der Waals surface area contributed by atoms with Gasteiger partial charge in [0.25, 0.3) is 0 Å². The van der Waals surface area contributed by atoms with Crippen molar-refractivity contribution in [3.8, 4) is 5.75 Å². The number of aromatic hydroxyl groups is 1. The van der Waals surface area contributed by atoms with Gasteiger partial charge in [-0.1, -0.05) is 72.8 Å². The Hall–Kier alpha value is -2.58. The van der Waals surface area contributed by atoms with Gasteiger partial charge in [0.05, 0.1) is 0 Å². The third-order valence-electron chi connectivity index (χ3n) is 3.90. The molecule has 0 amide bonds. The van der Waals surface area contributed by atoms with Gasteiger partial charge in [-0.2, -0.15) is 0 Å². The second-order valence-electron chi connectivity index (χ2n) is 5.44. The Morgan fingerprint density at radius 3 is 1.73 bits per heavy atom. The van der Waals surface area contributed by atoms with Crippen LogP contribution < -0.4 is 0 Å². The second-order valence-corrected chi connectivity index (χ2v) is 5.44. The van der Waals surface area contributed by atoms with Gasteiger partial charge in [0.2, 0.25) is 0 Å². The van der Waals surface area contributed by atoms with E-state index in [2.05, 4.69) is 0 Å². The van der Waals surface area contributed by atoms with Gasteiger partial charge in [-0.3, -0.25) is 0 Å². The molecule has 1 atom stereocenters. The summed E-state index contributed by atoms with van der Waals surface area (Å²) >= 11 is 0. The van der Waals surface area contributed by atoms with Gasteiger partial charge in [0, 0.05) is 6.42 Å². The molecule has 3 aromatic rings. The number of hydrogen-bond acceptors (Lipinski definition) is 2. The van der Waals surface area contributed by atoms with E-state index in [1.807, 2.05) is 60.7 Å². The first-order valence-electron chi connectivity index (χ1n) is 7.30. The number of rotatable bonds is 4. The van der Waals surface area contributed by atoms with E-state index in [0.29, 0.717) is 6.42 Å². The summed E-state index contributed by atoms with van der Waals surface area (Å²) in [5.74, 6) is 0.193. The Kier molecular flexibility index (Phi) is 3.94. The average molecular weight is 290 g/mol. The molecule has 0 heterocycles. The number of phenolic OH excluding ortho intramolecular Hbond substituents is 1. The van der Waals surface area contributed by atoms with Gasteiger partial charge in [0.1, 0.15) is 11.4 Å². The zero-order valence-corrected chi connectivity index (χ0v) is 12.2. The van der Waals surface area contributed by atoms with Crippen LogP contribution in [-0.4, -0.2) is 10.2 Å². The van der Waals surface area contributed by atoms with Crippen LogP contribution in [0.25, 0.3) is 0 Å². The quantitative estimate of drug-likeness (QED) is 0.765. The summed E-state index contributed by atoms with van der Waals surface area (Å²) in [4.78, 5) is 0. The highest BCUT2D eigenvalue weighted by molar-refractivity contribution is 5.40. The Morgan fingerprint density at radius 2 is 1.14 bits per heavy atom. The predicted molar refractivity (Wildman–Crippen MR) is 87.7 cm³/mol. The van der Waals surface area contributed by atoms with Gasteiger partial charge in [-0.05, 0) is 28.8 Å². The molecule has 2 N–H and O–H groups in total. The van der Waals surface area contributed by atoms with Crippen molar-refractivity contribution in [2.24, 2.45) is 0 Å². The van der Waals surface area contributed by atoms with Gasteiger partial charge < -0.3 is 10.2 Å². The van der Waals surface area contributed by atoms with Crippen molar-refractivity contribution in [1.29, 1.82) is 0 Å². The molecule has 110 valence electrons. The highest BCUT2D eigenvalue weighted by Gasteiger charge is 2.31. The second kappa shape index (κ2) is 6.04. The maximum Gasteiger partial charge on any atom is 0.119 e. The van der Waals surface area contributed by atoms with E-state index in [1.54, 1.807) is 24.3 Å². The fourth-order valence-electron chi connectivity index (χ4n) is 2.71. The maximum atomic E-state index is 11.4. The SMILES string of the molecule is Oc1ccc(C(O)(Cc2ccccc2)c2ccccc2)cc1. The third kappa shape index (κ3) is 2.87. The fraction of sp³-hybridized carbons (Fsp3) is 0.100. The lowest BCUT2D eigenvalue weighted by molar-refractivity contribution is 0.0811. The molecule has 0 bridgehead atoms. The van der Waals surface area contributed by atoms with Crippen LogP contribution in [0, 0.1) is 0 Å². The molecular weight excluding hydrogens is 272 g/mol. The Balaban J connectivity index is 2.07. The zero-order valence-electron chi connectivity index (χ0n) is 12.2. The molecule has 0 saturated carbocycles. The smallest absolute Gasteiger partial charge is 0.119 e. The molecule has 0 fully saturated rings. The number of hydrogen-bond donors (Lipinski definition) is 2. The third-order valence-corrected chi connectivity index (χ3v) is 3.90. The summed E-state index contributed by atoms with van der Waals surface area (Å²) in [6.45, 7) is 0. The molecular formula is C20H18O2. The number of phenols is 1. The van der Waals surface area contributed by atoms with Crippen LogP contribution in [0.5, 0.6) is 5.75 Å². The molecule has 0 spiro atoms. The van der Waals surface area contributed by atoms with E-state index in [-0.39, 0.29) is 5.75 Å². The fourth-order valence-corrected chi connectivity index (χ4v) is 2.71. The summed E-state index contributed by atoms with van der Waals surface area (Å²) in [5.41, 5.74) is 1.53. The van der Waals surface area contributed by atoms with Gasteiger partial charge in [-0.15, -0.1) is 0 Å². The Bertz CT molecular complexity index is 721. The van der Waals surface area contributed by atoms with Crippen LogP contribution in [0.3, 0.4) is 0 Å². The zero-order chi connectivity index (χ0) is 15.4. The largest absolute Gasteiger partial charge is 0.508 e. The van der Waals surface area contributed by atoms with E-state index in [1.165, 1.54) is 0 Å². The molecule has 3 rings (SSSR count). The lowest BCUT2D eigenvalue weighted by atomic mass is 9.81. The molecule has 0 aromatic heterocycles. The standard InChI is InChI=1S/C20H18O2/c21-19-13-11-18(12-14-19)20(22,17-9-5-2-6-10-17)15-16-7-3-1-4-8-16/h1-14,21-22H,15H2. The molecule has 0 radical (unpaired) electrons. The average Bonchev–Trinajstić information content (AvgIpc) is 2.57. The monoisotopic (exact) mass is 290 g/mol. The highest BCUT2D eigenvalue weighted by Crippen LogP contribution is 2.34. The van der Waals surface area contributed by atoms with Crippen LogP contribution in [0.15, 0.2) is 84.9 Å². The van der Waals surface area contributed by atoms with Crippen LogP contribution in [0.1, 0.15) is 16.7 Å². The topological polar surface area (TPSA) is 40.5 Å². The van der Waals surface area contributed by atoms with Crippen molar-refractivity contribution in [3.63, 3.8) is 0 Å². The molecule has 22 heavy (non-hydrogen) atoms. The van der Waals surface area contributed by atoms with Crippen molar-refractivity contribution in [2.45, 2.75) is 12.0 Å². The molecule has 2 nitrogen and oxygen atoms in total. The highest BCUT2D eigenvalue weighted by atomic mass is 16.3. The molecule has 0 aliphatic carbocycles. The lowest BCUT2D eigenvalue weighted by Crippen LogP contribution is -2.30. The minimum absolute atomic E-state index is 0.193. The lowest BCUT2D eigenvalue weighted by Gasteiger charge is -2.29. The van der Waals surface area contributed by atoms with Crippen molar-refractivity contribution in [2.75, 3.05) is 0 Å². The van der Waals surface area contributed by atoms with Crippen molar-refractivity contribution in [1.82, 2.24) is 0 Å². The van der Waals surface area contributed by atoms with Gasteiger partial charge in [0.15, 0.2) is 0 Å². The van der Waals surface area contributed by atoms with E-state index >= 15 is 0 Å². The van der Waals surface area contributed by atoms with Gasteiger partial charge >= 0.3 is 0 Å². The summed E-state index contributed by atoms with van der Waals surface area (Å²) in [5, 5.41) is 20.9. The van der Waals surface area contributed by atoms with Crippen LogP contribution >= 0.6 is 0 Å². The summed E-state index contributed by atoms with van der Waals surface area (Å²) < 4.78 is 0. The molecule has 2 heteroatoms. The van der Waals surface area contributed by atoms with E-state index in [0.717, 1.165) is 16.7 Å². The Morgan fingerprint density at radius 1 is 0.636 bits per heavy atom. The van der Waals surface area contributed by atoms with Crippen LogP contribution in [-0.2, 0) is 12.0 Å². The van der Waals surface area contributed by atoms with Crippen molar-refractivity contribution in [3.05, 3.63) is 102 Å².